The average Bonchev–Trinajstić information content (AvgIpc) is 3.94. The van der Waals surface area contributed by atoms with Crippen molar-refractivity contribution in [2.75, 3.05) is 0 Å². The van der Waals surface area contributed by atoms with Crippen LogP contribution < -0.4 is 0 Å². The van der Waals surface area contributed by atoms with Gasteiger partial charge in [0, 0.05) is 37.9 Å². The van der Waals surface area contributed by atoms with Crippen LogP contribution in [0.1, 0.15) is 0 Å². The van der Waals surface area contributed by atoms with Gasteiger partial charge < -0.3 is 4.42 Å². The van der Waals surface area contributed by atoms with Crippen molar-refractivity contribution in [2.45, 2.75) is 0 Å². The smallest absolute Gasteiger partial charge is 0.240 e. The normalized spacial score (nSPS) is 11.9. The average molecular weight is 730 g/mol. The molecule has 0 saturated carbocycles. The van der Waals surface area contributed by atoms with Gasteiger partial charge in [-0.3, -0.25) is 9.13 Å². The molecule has 6 heteroatoms. The second-order valence-corrected chi connectivity index (χ2v) is 14.5. The lowest BCUT2D eigenvalue weighted by Crippen LogP contribution is -2.10. The summed E-state index contributed by atoms with van der Waals surface area (Å²) in [5.41, 5.74) is 11.1. The SMILES string of the molecule is c1ccc(-c2ccc3c4ccccc4n(-c4nc(-c5ccc6oc7ccccc7c6c5)nc(-n5c6ccccc6c6ccc(-c7ccccc7)cc65)n4)c3c2)cc1. The fourth-order valence-corrected chi connectivity index (χ4v) is 8.54. The Labute approximate surface area is 326 Å². The fraction of sp³-hybridized carbons (Fsp3) is 0. The molecule has 0 spiro atoms. The van der Waals surface area contributed by atoms with Crippen LogP contribution in [0.15, 0.2) is 192 Å². The van der Waals surface area contributed by atoms with Crippen LogP contribution in [-0.2, 0) is 0 Å². The predicted molar refractivity (Wildman–Crippen MR) is 232 cm³/mol. The maximum Gasteiger partial charge on any atom is 0.240 e. The van der Waals surface area contributed by atoms with Crippen LogP contribution in [-0.4, -0.2) is 24.1 Å². The number of furan rings is 1. The first-order valence-corrected chi connectivity index (χ1v) is 19.1. The molecule has 0 aliphatic heterocycles. The van der Waals surface area contributed by atoms with Crippen LogP contribution in [0.4, 0.5) is 0 Å². The Kier molecular flexibility index (Phi) is 6.83. The van der Waals surface area contributed by atoms with Crippen molar-refractivity contribution in [1.82, 2.24) is 24.1 Å². The van der Waals surface area contributed by atoms with E-state index in [4.69, 9.17) is 19.4 Å². The zero-order chi connectivity index (χ0) is 37.5. The van der Waals surface area contributed by atoms with Crippen LogP contribution in [0, 0.1) is 0 Å². The van der Waals surface area contributed by atoms with Crippen molar-refractivity contribution in [3.05, 3.63) is 188 Å². The number of para-hydroxylation sites is 3. The molecule has 0 N–H and O–H groups in total. The van der Waals surface area contributed by atoms with Crippen molar-refractivity contribution in [3.8, 4) is 45.5 Å². The van der Waals surface area contributed by atoms with Crippen molar-refractivity contribution in [2.24, 2.45) is 0 Å². The Bertz CT molecular complexity index is 3350. The topological polar surface area (TPSA) is 61.7 Å². The summed E-state index contributed by atoms with van der Waals surface area (Å²) in [4.78, 5) is 16.1. The molecule has 8 aromatic carbocycles. The minimum absolute atomic E-state index is 0.536. The van der Waals surface area contributed by atoms with Crippen LogP contribution in [0.25, 0.3) is 111 Å². The lowest BCUT2D eigenvalue weighted by molar-refractivity contribution is 0.669. The highest BCUT2D eigenvalue weighted by molar-refractivity contribution is 6.11. The van der Waals surface area contributed by atoms with Crippen molar-refractivity contribution in [1.29, 1.82) is 0 Å². The van der Waals surface area contributed by atoms with Gasteiger partial charge in [-0.05, 0) is 70.8 Å². The molecular weight excluding hydrogens is 699 g/mol. The summed E-state index contributed by atoms with van der Waals surface area (Å²) in [6, 6.07) is 65.7. The third-order valence-electron chi connectivity index (χ3n) is 11.2. The van der Waals surface area contributed by atoms with Gasteiger partial charge in [0.25, 0.3) is 0 Å². The number of hydrogen-bond acceptors (Lipinski definition) is 4. The van der Waals surface area contributed by atoms with E-state index in [1.165, 1.54) is 0 Å². The molecule has 0 unspecified atom stereocenters. The largest absolute Gasteiger partial charge is 0.456 e. The van der Waals surface area contributed by atoms with E-state index in [2.05, 4.69) is 155 Å². The first-order valence-electron chi connectivity index (χ1n) is 19.1. The molecule has 266 valence electrons. The third kappa shape index (κ3) is 4.94. The highest BCUT2D eigenvalue weighted by Gasteiger charge is 2.22. The minimum atomic E-state index is 0.536. The first kappa shape index (κ1) is 31.5. The Morgan fingerprint density at radius 2 is 0.754 bits per heavy atom. The van der Waals surface area contributed by atoms with Crippen LogP contribution in [0.3, 0.4) is 0 Å². The number of hydrogen-bond donors (Lipinski definition) is 0. The lowest BCUT2D eigenvalue weighted by Gasteiger charge is -2.13. The van der Waals surface area contributed by atoms with Crippen LogP contribution in [0.2, 0.25) is 0 Å². The van der Waals surface area contributed by atoms with E-state index >= 15 is 0 Å². The molecule has 0 bridgehead atoms. The van der Waals surface area contributed by atoms with Crippen molar-refractivity contribution in [3.63, 3.8) is 0 Å². The summed E-state index contributed by atoms with van der Waals surface area (Å²) in [6.07, 6.45) is 0. The van der Waals surface area contributed by atoms with Crippen LogP contribution in [0.5, 0.6) is 0 Å². The fourth-order valence-electron chi connectivity index (χ4n) is 8.54. The molecule has 0 amide bonds. The molecule has 4 heterocycles. The molecule has 0 aliphatic carbocycles. The van der Waals surface area contributed by atoms with Gasteiger partial charge in [0.05, 0.1) is 22.1 Å². The Morgan fingerprint density at radius 1 is 0.298 bits per heavy atom. The van der Waals surface area contributed by atoms with Gasteiger partial charge in [0.2, 0.25) is 11.9 Å². The van der Waals surface area contributed by atoms with Crippen molar-refractivity contribution < 1.29 is 4.42 Å². The Hall–Kier alpha value is -7.83. The molecule has 12 aromatic rings. The number of nitrogens with zero attached hydrogens (tertiary/aromatic N) is 5. The molecule has 57 heavy (non-hydrogen) atoms. The second kappa shape index (κ2) is 12.3. The van der Waals surface area contributed by atoms with Gasteiger partial charge in [-0.2, -0.15) is 15.0 Å². The first-order chi connectivity index (χ1) is 28.2. The summed E-state index contributed by atoms with van der Waals surface area (Å²) < 4.78 is 10.6. The van der Waals surface area contributed by atoms with E-state index in [0.717, 1.165) is 93.4 Å². The summed E-state index contributed by atoms with van der Waals surface area (Å²) >= 11 is 0. The molecule has 4 aromatic heterocycles. The van der Waals surface area contributed by atoms with Gasteiger partial charge in [0.1, 0.15) is 11.2 Å². The molecule has 0 saturated heterocycles. The Balaban J connectivity index is 1.18. The predicted octanol–water partition coefficient (Wildman–Crippen LogP) is 13.0. The molecule has 0 radical (unpaired) electrons. The number of rotatable bonds is 5. The summed E-state index contributed by atoms with van der Waals surface area (Å²) in [5.74, 6) is 1.64. The molecule has 0 aliphatic rings. The summed E-state index contributed by atoms with van der Waals surface area (Å²) in [6.45, 7) is 0. The summed E-state index contributed by atoms with van der Waals surface area (Å²) in [5, 5.41) is 6.59. The minimum Gasteiger partial charge on any atom is -0.456 e. The van der Waals surface area contributed by atoms with E-state index < -0.39 is 0 Å². The van der Waals surface area contributed by atoms with Gasteiger partial charge in [-0.25, -0.2) is 0 Å². The standard InChI is InChI=1S/C51H31N5O/c1-3-13-32(14-4-1)34-23-26-39-37-17-7-10-20-43(37)55(45(39)30-34)50-52-49(36-25-28-48-42(29-36)41-19-9-12-22-47(41)57-48)53-51(54-50)56-44-21-11-8-18-38(44)40-27-24-35(31-46(40)56)33-15-5-2-6-16-33/h1-31H. The van der Waals surface area contributed by atoms with Gasteiger partial charge in [0.15, 0.2) is 5.82 Å². The quantitative estimate of drug-likeness (QED) is 0.177. The zero-order valence-corrected chi connectivity index (χ0v) is 30.5. The molecule has 6 nitrogen and oxygen atoms in total. The van der Waals surface area contributed by atoms with E-state index in [9.17, 15) is 0 Å². The number of benzene rings is 8. The highest BCUT2D eigenvalue weighted by Crippen LogP contribution is 2.38. The number of fused-ring (bicyclic) bond motifs is 9. The summed E-state index contributed by atoms with van der Waals surface area (Å²) in [7, 11) is 0. The van der Waals surface area contributed by atoms with Crippen molar-refractivity contribution >= 4 is 65.6 Å². The van der Waals surface area contributed by atoms with E-state index in [-0.39, 0.29) is 0 Å². The van der Waals surface area contributed by atoms with Gasteiger partial charge in [-0.1, -0.05) is 140 Å². The Morgan fingerprint density at radius 3 is 1.33 bits per heavy atom. The number of aromatic nitrogens is 5. The molecule has 12 rings (SSSR count). The maximum absolute atomic E-state index is 6.24. The van der Waals surface area contributed by atoms with E-state index in [1.54, 1.807) is 0 Å². The highest BCUT2D eigenvalue weighted by atomic mass is 16.3. The third-order valence-corrected chi connectivity index (χ3v) is 11.2. The molecule has 0 atom stereocenters. The van der Waals surface area contributed by atoms with E-state index in [1.807, 2.05) is 42.5 Å². The maximum atomic E-state index is 6.24. The van der Waals surface area contributed by atoms with Gasteiger partial charge >= 0.3 is 0 Å². The van der Waals surface area contributed by atoms with Gasteiger partial charge in [-0.15, -0.1) is 0 Å². The molecule has 0 fully saturated rings. The lowest BCUT2D eigenvalue weighted by atomic mass is 10.0. The molecular formula is C51H31N5O. The zero-order valence-electron chi connectivity index (χ0n) is 30.5. The monoisotopic (exact) mass is 729 g/mol. The second-order valence-electron chi connectivity index (χ2n) is 14.5. The van der Waals surface area contributed by atoms with Crippen LogP contribution >= 0.6 is 0 Å². The van der Waals surface area contributed by atoms with E-state index in [0.29, 0.717) is 17.7 Å².